The molecule has 0 spiro atoms. The molecule has 1 aromatic heterocycles. The van der Waals surface area contributed by atoms with Gasteiger partial charge in [-0.2, -0.15) is 4.98 Å². The average Bonchev–Trinajstić information content (AvgIpc) is 3.09. The van der Waals surface area contributed by atoms with Crippen molar-refractivity contribution in [2.75, 3.05) is 30.8 Å². The van der Waals surface area contributed by atoms with Crippen LogP contribution in [0.3, 0.4) is 0 Å². The van der Waals surface area contributed by atoms with E-state index in [0.29, 0.717) is 6.54 Å². The van der Waals surface area contributed by atoms with E-state index >= 15 is 0 Å². The molecule has 0 saturated carbocycles. The van der Waals surface area contributed by atoms with Crippen molar-refractivity contribution in [3.8, 4) is 11.3 Å². The van der Waals surface area contributed by atoms with E-state index in [2.05, 4.69) is 14.9 Å². The summed E-state index contributed by atoms with van der Waals surface area (Å²) in [6.07, 6.45) is 0.286. The van der Waals surface area contributed by atoms with E-state index < -0.39 is 0 Å². The minimum Gasteiger partial charge on any atom is -0.444 e. The molecule has 1 fully saturated rings. The number of hydrogen-bond acceptors (Lipinski definition) is 6. The van der Waals surface area contributed by atoms with E-state index in [-0.39, 0.29) is 23.7 Å². The highest BCUT2D eigenvalue weighted by Gasteiger charge is 2.30. The molecule has 144 valence electrons. The van der Waals surface area contributed by atoms with Crippen LogP contribution >= 0.6 is 0 Å². The Kier molecular flexibility index (Phi) is 5.21. The first-order valence-corrected chi connectivity index (χ1v) is 9.13. The summed E-state index contributed by atoms with van der Waals surface area (Å²) in [7, 11) is 1.76. The Balaban J connectivity index is 1.70. The topological polar surface area (TPSA) is 84.6 Å². The Bertz CT molecular complexity index is 804. The number of hydrogen-bond donors (Lipinski definition) is 1. The third-order valence-corrected chi connectivity index (χ3v) is 4.82. The highest BCUT2D eigenvalue weighted by molar-refractivity contribution is 5.69. The molecule has 1 unspecified atom stereocenters. The highest BCUT2D eigenvalue weighted by Crippen LogP contribution is 2.26. The smallest absolute Gasteiger partial charge is 0.410 e. The fraction of sp³-hybridized carbons (Fsp3) is 0.450. The van der Waals surface area contributed by atoms with E-state index in [1.165, 1.54) is 0 Å². The van der Waals surface area contributed by atoms with Gasteiger partial charge >= 0.3 is 6.09 Å². The van der Waals surface area contributed by atoms with Crippen LogP contribution in [0.2, 0.25) is 0 Å². The van der Waals surface area contributed by atoms with Crippen LogP contribution in [0.25, 0.3) is 11.3 Å². The average molecular weight is 369 g/mol. The Hall–Kier alpha value is -2.83. The maximum absolute atomic E-state index is 12.3. The van der Waals surface area contributed by atoms with Crippen molar-refractivity contribution in [3.63, 3.8) is 0 Å². The van der Waals surface area contributed by atoms with E-state index in [1.54, 1.807) is 11.9 Å². The maximum atomic E-state index is 12.3. The summed E-state index contributed by atoms with van der Waals surface area (Å²) in [6, 6.07) is 11.8. The Morgan fingerprint density at radius 3 is 2.63 bits per heavy atom. The van der Waals surface area contributed by atoms with Crippen molar-refractivity contribution in [2.45, 2.75) is 38.8 Å². The number of ether oxygens (including phenoxy) is 1. The molecule has 1 aliphatic rings. The van der Waals surface area contributed by atoms with Gasteiger partial charge in [-0.25, -0.2) is 9.78 Å². The number of rotatable bonds is 3. The van der Waals surface area contributed by atoms with E-state index in [1.807, 2.05) is 57.2 Å². The number of nitrogens with two attached hydrogens (primary N) is 1. The van der Waals surface area contributed by atoms with Gasteiger partial charge in [0.2, 0.25) is 5.95 Å². The molecule has 2 heterocycles. The first-order valence-electron chi connectivity index (χ1n) is 9.13. The quantitative estimate of drug-likeness (QED) is 0.894. The number of benzene rings is 1. The predicted molar refractivity (Wildman–Crippen MR) is 106 cm³/mol. The lowest BCUT2D eigenvalue weighted by Gasteiger charge is -2.32. The molecule has 1 aliphatic heterocycles. The van der Waals surface area contributed by atoms with Crippen LogP contribution in [0, 0.1) is 0 Å². The number of carbonyl (C=O) groups excluding carboxylic acids is 1. The van der Waals surface area contributed by atoms with Gasteiger partial charge in [-0.1, -0.05) is 30.3 Å². The van der Waals surface area contributed by atoms with Gasteiger partial charge in [0.25, 0.3) is 0 Å². The van der Waals surface area contributed by atoms with Crippen LogP contribution < -0.4 is 10.6 Å². The number of anilines is 2. The fourth-order valence-electron chi connectivity index (χ4n) is 2.90. The molecule has 7 nitrogen and oxygen atoms in total. The van der Waals surface area contributed by atoms with Gasteiger partial charge < -0.3 is 20.3 Å². The molecule has 0 bridgehead atoms. The number of amides is 1. The summed E-state index contributed by atoms with van der Waals surface area (Å²) in [5, 5.41) is 0. The summed E-state index contributed by atoms with van der Waals surface area (Å²) in [4.78, 5) is 24.7. The van der Waals surface area contributed by atoms with Gasteiger partial charge in [-0.15, -0.1) is 0 Å². The van der Waals surface area contributed by atoms with Crippen molar-refractivity contribution in [1.82, 2.24) is 14.9 Å². The number of carbonyl (C=O) groups is 1. The maximum Gasteiger partial charge on any atom is 0.410 e. The molecule has 1 amide bonds. The van der Waals surface area contributed by atoms with Crippen LogP contribution in [-0.2, 0) is 4.74 Å². The first-order chi connectivity index (χ1) is 12.7. The van der Waals surface area contributed by atoms with Gasteiger partial charge in [0.05, 0.1) is 12.2 Å². The van der Waals surface area contributed by atoms with Crippen molar-refractivity contribution in [1.29, 1.82) is 0 Å². The van der Waals surface area contributed by atoms with Crippen molar-refractivity contribution >= 4 is 17.9 Å². The van der Waals surface area contributed by atoms with Crippen LogP contribution in [-0.4, -0.2) is 52.7 Å². The van der Waals surface area contributed by atoms with Gasteiger partial charge in [0.1, 0.15) is 11.9 Å². The Morgan fingerprint density at radius 2 is 1.96 bits per heavy atom. The SMILES string of the molecule is CN(C(=O)OC1CCN(c2cc(-c3ccccc3)nc(N)n2)C1)C(C)(C)C. The standard InChI is InChI=1S/C20H27N5O2/c1-20(2,3)24(4)19(26)27-15-10-11-25(13-15)17-12-16(22-18(21)23-17)14-8-6-5-7-9-14/h5-9,12,15H,10-11,13H2,1-4H3,(H2,21,22,23). The molecular weight excluding hydrogens is 342 g/mol. The minimum atomic E-state index is -0.304. The van der Waals surface area contributed by atoms with E-state index in [0.717, 1.165) is 30.0 Å². The van der Waals surface area contributed by atoms with E-state index in [4.69, 9.17) is 10.5 Å². The molecule has 1 aromatic carbocycles. The zero-order valence-corrected chi connectivity index (χ0v) is 16.3. The molecular formula is C20H27N5O2. The number of aromatic nitrogens is 2. The van der Waals surface area contributed by atoms with Crippen LogP contribution in [0.1, 0.15) is 27.2 Å². The lowest BCUT2D eigenvalue weighted by Crippen LogP contribution is -2.44. The first kappa shape index (κ1) is 18.9. The third-order valence-electron chi connectivity index (χ3n) is 4.82. The van der Waals surface area contributed by atoms with Gasteiger partial charge in [0.15, 0.2) is 0 Å². The summed E-state index contributed by atoms with van der Waals surface area (Å²) in [6.45, 7) is 7.27. The fourth-order valence-corrected chi connectivity index (χ4v) is 2.90. The molecule has 1 saturated heterocycles. The zero-order valence-electron chi connectivity index (χ0n) is 16.3. The molecule has 2 N–H and O–H groups in total. The lowest BCUT2D eigenvalue weighted by atomic mass is 10.1. The van der Waals surface area contributed by atoms with Crippen LogP contribution in [0.4, 0.5) is 16.6 Å². The largest absolute Gasteiger partial charge is 0.444 e. The lowest BCUT2D eigenvalue weighted by molar-refractivity contribution is 0.0545. The third kappa shape index (κ3) is 4.48. The van der Waals surface area contributed by atoms with Gasteiger partial charge in [-0.3, -0.25) is 0 Å². The summed E-state index contributed by atoms with van der Waals surface area (Å²) >= 11 is 0. The summed E-state index contributed by atoms with van der Waals surface area (Å²) in [5.41, 5.74) is 7.42. The monoisotopic (exact) mass is 369 g/mol. The molecule has 3 rings (SSSR count). The van der Waals surface area contributed by atoms with Crippen LogP contribution in [0.5, 0.6) is 0 Å². The molecule has 1 atom stereocenters. The molecule has 0 aliphatic carbocycles. The summed E-state index contributed by atoms with van der Waals surface area (Å²) in [5.74, 6) is 0.989. The highest BCUT2D eigenvalue weighted by atomic mass is 16.6. The van der Waals surface area contributed by atoms with E-state index in [9.17, 15) is 4.79 Å². The Labute approximate surface area is 160 Å². The summed E-state index contributed by atoms with van der Waals surface area (Å²) < 4.78 is 5.67. The molecule has 0 radical (unpaired) electrons. The zero-order chi connectivity index (χ0) is 19.6. The molecule has 27 heavy (non-hydrogen) atoms. The number of nitrogen functional groups attached to an aromatic ring is 1. The second-order valence-electron chi connectivity index (χ2n) is 7.81. The van der Waals surface area contributed by atoms with Crippen molar-refractivity contribution < 1.29 is 9.53 Å². The van der Waals surface area contributed by atoms with Crippen LogP contribution in [0.15, 0.2) is 36.4 Å². The second-order valence-corrected chi connectivity index (χ2v) is 7.81. The molecule has 2 aromatic rings. The molecule has 7 heteroatoms. The van der Waals surface area contributed by atoms with Crippen molar-refractivity contribution in [3.05, 3.63) is 36.4 Å². The predicted octanol–water partition coefficient (Wildman–Crippen LogP) is 3.17. The number of nitrogens with zero attached hydrogens (tertiary/aromatic N) is 4. The normalized spacial score (nSPS) is 17.0. The Morgan fingerprint density at radius 1 is 1.26 bits per heavy atom. The second kappa shape index (κ2) is 7.42. The van der Waals surface area contributed by atoms with Gasteiger partial charge in [0, 0.05) is 37.2 Å². The van der Waals surface area contributed by atoms with Crippen molar-refractivity contribution in [2.24, 2.45) is 0 Å². The van der Waals surface area contributed by atoms with Gasteiger partial charge in [-0.05, 0) is 20.8 Å². The minimum absolute atomic E-state index is 0.168.